The summed E-state index contributed by atoms with van der Waals surface area (Å²) in [6.45, 7) is 6.62. The molecular formula is C7H15LiS3. The Morgan fingerprint density at radius 1 is 0.818 bits per heavy atom. The molecule has 0 bridgehead atoms. The Bertz CT molecular complexity index is 56.4. The Morgan fingerprint density at radius 3 is 1.27 bits per heavy atom. The fraction of sp³-hybridized carbons (Fsp3) is 0.857. The normalized spacial score (nSPS) is 9.82. The predicted molar refractivity (Wildman–Crippen MR) is 57.6 cm³/mol. The van der Waals surface area contributed by atoms with E-state index in [1.54, 1.807) is 0 Å². The van der Waals surface area contributed by atoms with Crippen molar-refractivity contribution in [3.8, 4) is 0 Å². The van der Waals surface area contributed by atoms with Gasteiger partial charge in [-0.25, -0.2) is 0 Å². The number of thioether (sulfide) groups is 3. The van der Waals surface area contributed by atoms with E-state index in [4.69, 9.17) is 0 Å². The first-order valence-corrected chi connectivity index (χ1v) is 6.56. The molecule has 0 aromatic rings. The van der Waals surface area contributed by atoms with Crippen LogP contribution in [0.25, 0.3) is 0 Å². The van der Waals surface area contributed by atoms with Crippen LogP contribution in [0, 0.1) is 3.91 Å². The van der Waals surface area contributed by atoms with Crippen LogP contribution in [0.4, 0.5) is 0 Å². The average Bonchev–Trinajstić information content (AvgIpc) is 1.90. The zero-order valence-corrected chi connectivity index (χ0v) is 10.3. The van der Waals surface area contributed by atoms with Gasteiger partial charge in [-0.3, -0.25) is 0 Å². The Balaban J connectivity index is 0. The van der Waals surface area contributed by atoms with Crippen LogP contribution in [-0.2, 0) is 0 Å². The van der Waals surface area contributed by atoms with Gasteiger partial charge in [0, 0.05) is 0 Å². The minimum absolute atomic E-state index is 0. The molecule has 11 heavy (non-hydrogen) atoms. The maximum atomic E-state index is 2.21. The van der Waals surface area contributed by atoms with Crippen molar-refractivity contribution in [3.63, 3.8) is 0 Å². The van der Waals surface area contributed by atoms with E-state index >= 15 is 0 Å². The molecular weight excluding hydrogens is 187 g/mol. The second-order valence-corrected chi connectivity index (χ2v) is 6.15. The molecule has 0 atom stereocenters. The molecule has 0 N–H and O–H groups in total. The zero-order valence-electron chi connectivity index (χ0n) is 7.85. The molecule has 0 aliphatic heterocycles. The summed E-state index contributed by atoms with van der Waals surface area (Å²) >= 11 is 5.90. The van der Waals surface area contributed by atoms with E-state index in [0.29, 0.717) is 0 Å². The molecule has 0 aliphatic rings. The zero-order chi connectivity index (χ0) is 7.82. The molecule has 0 aromatic heterocycles. The molecule has 0 aromatic carbocycles. The molecule has 0 rings (SSSR count). The molecule has 0 saturated carbocycles. The second kappa shape index (κ2) is 11.6. The van der Waals surface area contributed by atoms with Crippen molar-refractivity contribution in [1.82, 2.24) is 0 Å². The van der Waals surface area contributed by atoms with Gasteiger partial charge >= 0.3 is 18.9 Å². The molecule has 0 spiro atoms. The van der Waals surface area contributed by atoms with Crippen molar-refractivity contribution in [2.24, 2.45) is 0 Å². The summed E-state index contributed by atoms with van der Waals surface area (Å²) < 4.78 is 1.53. The van der Waals surface area contributed by atoms with Gasteiger partial charge in [-0.1, -0.05) is 20.8 Å². The topological polar surface area (TPSA) is 0 Å². The van der Waals surface area contributed by atoms with Crippen LogP contribution >= 0.6 is 35.3 Å². The first kappa shape index (κ1) is 15.1. The first-order chi connectivity index (χ1) is 4.85. The van der Waals surface area contributed by atoms with Crippen molar-refractivity contribution < 1.29 is 18.9 Å². The Labute approximate surface area is 95.6 Å². The summed E-state index contributed by atoms with van der Waals surface area (Å²) in [5.74, 6) is 3.61. The van der Waals surface area contributed by atoms with Crippen molar-refractivity contribution in [1.29, 1.82) is 0 Å². The van der Waals surface area contributed by atoms with Gasteiger partial charge < -0.3 is 35.3 Å². The van der Waals surface area contributed by atoms with Gasteiger partial charge in [-0.2, -0.15) is 3.91 Å². The van der Waals surface area contributed by atoms with Crippen molar-refractivity contribution in [2.45, 2.75) is 20.8 Å². The van der Waals surface area contributed by atoms with Gasteiger partial charge in [-0.05, 0) is 17.3 Å². The van der Waals surface area contributed by atoms with Crippen LogP contribution < -0.4 is 18.9 Å². The first-order valence-electron chi connectivity index (χ1n) is 3.60. The van der Waals surface area contributed by atoms with Crippen molar-refractivity contribution in [3.05, 3.63) is 3.91 Å². The maximum Gasteiger partial charge on any atom is 1.00 e. The van der Waals surface area contributed by atoms with E-state index in [0.717, 1.165) is 0 Å². The second-order valence-electron chi connectivity index (χ2n) is 1.55. The number of rotatable bonds is 6. The van der Waals surface area contributed by atoms with E-state index in [1.165, 1.54) is 21.2 Å². The summed E-state index contributed by atoms with van der Waals surface area (Å²) in [7, 11) is 0. The van der Waals surface area contributed by atoms with Crippen LogP contribution in [0.1, 0.15) is 20.8 Å². The third-order valence-corrected chi connectivity index (χ3v) is 4.48. The Hall–Kier alpha value is 1.65. The molecule has 0 amide bonds. The molecule has 0 fully saturated rings. The standard InChI is InChI=1S/C7H15S3.Li/c1-4-8-7(9-5-2)10-6-3;/h4-6H2,1-3H3;/q-1;+1. The molecule has 0 unspecified atom stereocenters. The molecule has 0 saturated heterocycles. The Kier molecular flexibility index (Phi) is 16.0. The molecule has 0 aliphatic carbocycles. The van der Waals surface area contributed by atoms with Gasteiger partial charge in [0.1, 0.15) is 0 Å². The summed E-state index contributed by atoms with van der Waals surface area (Å²) in [6, 6.07) is 0. The smallest absolute Gasteiger partial charge is 0.327 e. The molecule has 62 valence electrons. The SMILES string of the molecule is CCS[C-](SCC)SCC.[Li+]. The average molecular weight is 202 g/mol. The van der Waals surface area contributed by atoms with Crippen molar-refractivity contribution in [2.75, 3.05) is 17.3 Å². The minimum Gasteiger partial charge on any atom is -0.327 e. The predicted octanol–water partition coefficient (Wildman–Crippen LogP) is 0.697. The maximum absolute atomic E-state index is 2.21. The van der Waals surface area contributed by atoms with Gasteiger partial charge in [0.15, 0.2) is 0 Å². The summed E-state index contributed by atoms with van der Waals surface area (Å²) in [5.41, 5.74) is 0. The van der Waals surface area contributed by atoms with Crippen LogP contribution in [0.2, 0.25) is 0 Å². The van der Waals surface area contributed by atoms with Crippen LogP contribution in [0.5, 0.6) is 0 Å². The van der Waals surface area contributed by atoms with E-state index in [-0.39, 0.29) is 18.9 Å². The van der Waals surface area contributed by atoms with Gasteiger partial charge in [-0.15, -0.1) is 0 Å². The van der Waals surface area contributed by atoms with Gasteiger partial charge in [0.25, 0.3) is 0 Å². The van der Waals surface area contributed by atoms with E-state index in [2.05, 4.69) is 20.8 Å². The monoisotopic (exact) mass is 202 g/mol. The molecule has 0 radical (unpaired) electrons. The fourth-order valence-electron chi connectivity index (χ4n) is 0.479. The van der Waals surface area contributed by atoms with E-state index < -0.39 is 0 Å². The molecule has 0 heterocycles. The largest absolute Gasteiger partial charge is 1.00 e. The Morgan fingerprint density at radius 2 is 1.09 bits per heavy atom. The van der Waals surface area contributed by atoms with E-state index in [1.807, 2.05) is 35.3 Å². The van der Waals surface area contributed by atoms with Crippen molar-refractivity contribution >= 4 is 35.3 Å². The van der Waals surface area contributed by atoms with Gasteiger partial charge in [0.2, 0.25) is 0 Å². The van der Waals surface area contributed by atoms with Crippen LogP contribution in [0.15, 0.2) is 0 Å². The minimum atomic E-state index is 0. The fourth-order valence-corrected chi connectivity index (χ4v) is 4.31. The van der Waals surface area contributed by atoms with E-state index in [9.17, 15) is 0 Å². The summed E-state index contributed by atoms with van der Waals surface area (Å²) in [4.78, 5) is 0. The van der Waals surface area contributed by atoms with Gasteiger partial charge in [0.05, 0.1) is 0 Å². The number of hydrogen-bond acceptors (Lipinski definition) is 3. The van der Waals surface area contributed by atoms with Crippen LogP contribution in [-0.4, -0.2) is 17.3 Å². The number of hydrogen-bond donors (Lipinski definition) is 0. The summed E-state index contributed by atoms with van der Waals surface area (Å²) in [5, 5.41) is 0. The third-order valence-electron chi connectivity index (χ3n) is 0.787. The molecule has 0 nitrogen and oxygen atoms in total. The summed E-state index contributed by atoms with van der Waals surface area (Å²) in [6.07, 6.45) is 0. The van der Waals surface area contributed by atoms with Crippen LogP contribution in [0.3, 0.4) is 0 Å². The third kappa shape index (κ3) is 9.56. The quantitative estimate of drug-likeness (QED) is 0.460. The molecule has 4 heteroatoms.